The van der Waals surface area contributed by atoms with Gasteiger partial charge in [-0.3, -0.25) is 0 Å². The number of hydrogen-bond donors (Lipinski definition) is 2. The maximum absolute atomic E-state index is 14.1. The summed E-state index contributed by atoms with van der Waals surface area (Å²) in [4.78, 5) is 0. The first-order chi connectivity index (χ1) is 7.85. The fraction of sp³-hybridized carbons (Fsp3) is 0.500. The minimum atomic E-state index is -3.33. The Morgan fingerprint density at radius 2 is 2.06 bits per heavy atom. The summed E-state index contributed by atoms with van der Waals surface area (Å²) in [5.74, 6) is -4.60. The molecule has 0 amide bonds. The summed E-state index contributed by atoms with van der Waals surface area (Å²) in [6.45, 7) is 1.30. The molecule has 3 atom stereocenters. The van der Waals surface area contributed by atoms with E-state index in [1.807, 2.05) is 0 Å². The van der Waals surface area contributed by atoms with Crippen LogP contribution in [0.1, 0.15) is 17.5 Å². The lowest BCUT2D eigenvalue weighted by Gasteiger charge is -2.25. The van der Waals surface area contributed by atoms with Gasteiger partial charge in [0.15, 0.2) is 0 Å². The summed E-state index contributed by atoms with van der Waals surface area (Å²) in [7, 11) is 0. The molecule has 2 nitrogen and oxygen atoms in total. The third-order valence-corrected chi connectivity index (χ3v) is 3.31. The van der Waals surface area contributed by atoms with E-state index in [0.717, 1.165) is 6.07 Å². The van der Waals surface area contributed by atoms with Crippen LogP contribution in [0.25, 0.3) is 0 Å². The van der Waals surface area contributed by atoms with Gasteiger partial charge in [0, 0.05) is 11.5 Å². The zero-order chi connectivity index (χ0) is 12.8. The van der Waals surface area contributed by atoms with E-state index >= 15 is 0 Å². The number of hydrogen-bond acceptors (Lipinski definition) is 2. The maximum Gasteiger partial charge on any atom is 0.288 e. The summed E-state index contributed by atoms with van der Waals surface area (Å²) >= 11 is 0. The first-order valence-electron chi connectivity index (χ1n) is 5.42. The SMILES string of the molecule is Cc1c(F)cccc1C(F)(F)C(N)C1CC1O. The number of benzene rings is 1. The summed E-state index contributed by atoms with van der Waals surface area (Å²) in [6.07, 6.45) is -0.477. The quantitative estimate of drug-likeness (QED) is 0.854. The molecular weight excluding hydrogens is 231 g/mol. The second-order valence-corrected chi connectivity index (χ2v) is 4.53. The van der Waals surface area contributed by atoms with Crippen molar-refractivity contribution in [3.05, 3.63) is 35.1 Å². The van der Waals surface area contributed by atoms with E-state index in [-0.39, 0.29) is 12.0 Å². The van der Waals surface area contributed by atoms with E-state index < -0.39 is 35.4 Å². The van der Waals surface area contributed by atoms with Gasteiger partial charge in [-0.05, 0) is 25.0 Å². The lowest BCUT2D eigenvalue weighted by molar-refractivity contribution is -0.0426. The third kappa shape index (κ3) is 2.05. The van der Waals surface area contributed by atoms with Crippen LogP contribution in [-0.4, -0.2) is 17.3 Å². The summed E-state index contributed by atoms with van der Waals surface area (Å²) in [5.41, 5.74) is 4.97. The standard InChI is InChI=1S/C12H14F3NO/c1-6-8(3-2-4-9(6)13)12(14,15)11(16)7-5-10(7)17/h2-4,7,10-11,17H,5,16H2,1H3. The van der Waals surface area contributed by atoms with Gasteiger partial charge in [0.25, 0.3) is 5.92 Å². The summed E-state index contributed by atoms with van der Waals surface area (Å²) in [6, 6.07) is 2.07. The molecule has 1 fully saturated rings. The van der Waals surface area contributed by atoms with Gasteiger partial charge in [-0.2, -0.15) is 8.78 Å². The molecule has 17 heavy (non-hydrogen) atoms. The normalized spacial score (nSPS) is 25.8. The predicted octanol–water partition coefficient (Wildman–Crippen LogP) is 1.93. The van der Waals surface area contributed by atoms with Crippen molar-refractivity contribution < 1.29 is 18.3 Å². The van der Waals surface area contributed by atoms with Crippen LogP contribution in [0.4, 0.5) is 13.2 Å². The number of alkyl halides is 2. The Bertz CT molecular complexity index is 436. The van der Waals surface area contributed by atoms with Gasteiger partial charge in [-0.15, -0.1) is 0 Å². The molecule has 0 heterocycles. The van der Waals surface area contributed by atoms with Crippen molar-refractivity contribution in [1.29, 1.82) is 0 Å². The van der Waals surface area contributed by atoms with Gasteiger partial charge in [-0.25, -0.2) is 4.39 Å². The molecule has 0 spiro atoms. The fourth-order valence-corrected chi connectivity index (χ4v) is 2.00. The Hall–Kier alpha value is -1.07. The van der Waals surface area contributed by atoms with E-state index in [9.17, 15) is 13.2 Å². The predicted molar refractivity (Wildman–Crippen MR) is 57.1 cm³/mol. The zero-order valence-corrected chi connectivity index (χ0v) is 9.33. The minimum Gasteiger partial charge on any atom is -0.393 e. The summed E-state index contributed by atoms with van der Waals surface area (Å²) in [5, 5.41) is 9.14. The van der Waals surface area contributed by atoms with Crippen LogP contribution in [0.3, 0.4) is 0 Å². The lowest BCUT2D eigenvalue weighted by atomic mass is 9.94. The van der Waals surface area contributed by atoms with Crippen LogP contribution in [0.5, 0.6) is 0 Å². The molecule has 0 aliphatic heterocycles. The molecular formula is C12H14F3NO. The molecule has 0 radical (unpaired) electrons. The van der Waals surface area contributed by atoms with Crippen LogP contribution in [0.15, 0.2) is 18.2 Å². The smallest absolute Gasteiger partial charge is 0.288 e. The number of aliphatic hydroxyl groups is 1. The van der Waals surface area contributed by atoms with Crippen molar-refractivity contribution in [2.24, 2.45) is 11.7 Å². The van der Waals surface area contributed by atoms with Crippen molar-refractivity contribution >= 4 is 0 Å². The Kier molecular flexibility index (Phi) is 2.91. The molecule has 5 heteroatoms. The van der Waals surface area contributed by atoms with Crippen LogP contribution in [0.2, 0.25) is 0 Å². The molecule has 1 saturated carbocycles. The van der Waals surface area contributed by atoms with Crippen molar-refractivity contribution in [2.75, 3.05) is 0 Å². The molecule has 1 aliphatic rings. The van der Waals surface area contributed by atoms with Crippen molar-refractivity contribution in [3.63, 3.8) is 0 Å². The van der Waals surface area contributed by atoms with E-state index in [1.165, 1.54) is 19.1 Å². The van der Waals surface area contributed by atoms with Gasteiger partial charge in [0.05, 0.1) is 12.1 Å². The number of aliphatic hydroxyl groups excluding tert-OH is 1. The van der Waals surface area contributed by atoms with Gasteiger partial charge in [-0.1, -0.05) is 12.1 Å². The molecule has 1 aliphatic carbocycles. The molecule has 3 unspecified atom stereocenters. The van der Waals surface area contributed by atoms with Crippen molar-refractivity contribution in [3.8, 4) is 0 Å². The van der Waals surface area contributed by atoms with Crippen LogP contribution < -0.4 is 5.73 Å². The van der Waals surface area contributed by atoms with E-state index in [0.29, 0.717) is 0 Å². The van der Waals surface area contributed by atoms with E-state index in [1.54, 1.807) is 0 Å². The van der Waals surface area contributed by atoms with Crippen LogP contribution in [-0.2, 0) is 5.92 Å². The second kappa shape index (κ2) is 3.99. The van der Waals surface area contributed by atoms with Crippen LogP contribution >= 0.6 is 0 Å². The highest BCUT2D eigenvalue weighted by Crippen LogP contribution is 2.44. The highest BCUT2D eigenvalue weighted by molar-refractivity contribution is 5.32. The Morgan fingerprint density at radius 3 is 2.59 bits per heavy atom. The molecule has 0 bridgehead atoms. The fourth-order valence-electron chi connectivity index (χ4n) is 2.00. The average molecular weight is 245 g/mol. The highest BCUT2D eigenvalue weighted by atomic mass is 19.3. The average Bonchev–Trinajstić information content (AvgIpc) is 2.98. The largest absolute Gasteiger partial charge is 0.393 e. The van der Waals surface area contributed by atoms with Gasteiger partial charge in [0.2, 0.25) is 0 Å². The number of rotatable bonds is 3. The van der Waals surface area contributed by atoms with Crippen molar-refractivity contribution in [2.45, 2.75) is 31.4 Å². The molecule has 1 aromatic rings. The highest BCUT2D eigenvalue weighted by Gasteiger charge is 2.52. The molecule has 1 aromatic carbocycles. The molecule has 2 rings (SSSR count). The van der Waals surface area contributed by atoms with Gasteiger partial charge < -0.3 is 10.8 Å². The zero-order valence-electron chi connectivity index (χ0n) is 9.33. The van der Waals surface area contributed by atoms with Gasteiger partial charge in [0.1, 0.15) is 5.82 Å². The molecule has 94 valence electrons. The van der Waals surface area contributed by atoms with Gasteiger partial charge >= 0.3 is 0 Å². The van der Waals surface area contributed by atoms with Crippen LogP contribution in [0, 0.1) is 18.7 Å². The Labute approximate surface area is 97.2 Å². The molecule has 3 N–H and O–H groups in total. The van der Waals surface area contributed by atoms with Crippen molar-refractivity contribution in [1.82, 2.24) is 0 Å². The Balaban J connectivity index is 2.33. The van der Waals surface area contributed by atoms with E-state index in [2.05, 4.69) is 0 Å². The summed E-state index contributed by atoms with van der Waals surface area (Å²) < 4.78 is 41.3. The monoisotopic (exact) mass is 245 g/mol. The first kappa shape index (κ1) is 12.4. The number of halogens is 3. The minimum absolute atomic E-state index is 0.0944. The topological polar surface area (TPSA) is 46.2 Å². The number of nitrogens with two attached hydrogens (primary N) is 1. The third-order valence-electron chi connectivity index (χ3n) is 3.31. The Morgan fingerprint density at radius 1 is 1.47 bits per heavy atom. The lowest BCUT2D eigenvalue weighted by Crippen LogP contribution is -2.42. The molecule has 0 aromatic heterocycles. The van der Waals surface area contributed by atoms with E-state index in [4.69, 9.17) is 10.8 Å². The maximum atomic E-state index is 14.1. The molecule has 0 saturated heterocycles. The first-order valence-corrected chi connectivity index (χ1v) is 5.42. The second-order valence-electron chi connectivity index (χ2n) is 4.53.